The highest BCUT2D eigenvalue weighted by molar-refractivity contribution is 5.23. The zero-order valence-electron chi connectivity index (χ0n) is 10.4. The van der Waals surface area contributed by atoms with E-state index < -0.39 is 17.2 Å². The predicted octanol–water partition coefficient (Wildman–Crippen LogP) is 2.42. The van der Waals surface area contributed by atoms with Gasteiger partial charge in [-0.05, 0) is 37.1 Å². The third-order valence-corrected chi connectivity index (χ3v) is 2.56. The number of hydrogen-bond donors (Lipinski definition) is 2. The zero-order chi connectivity index (χ0) is 13.1. The lowest BCUT2D eigenvalue weighted by atomic mass is 9.95. The van der Waals surface area contributed by atoms with Gasteiger partial charge in [0.15, 0.2) is 11.6 Å². The van der Waals surface area contributed by atoms with Crippen LogP contribution in [0.1, 0.15) is 26.3 Å². The molecule has 0 aromatic heterocycles. The van der Waals surface area contributed by atoms with Gasteiger partial charge in [-0.1, -0.05) is 19.9 Å². The van der Waals surface area contributed by atoms with Crippen molar-refractivity contribution < 1.29 is 13.9 Å². The number of rotatable bonds is 5. The van der Waals surface area contributed by atoms with Gasteiger partial charge in [-0.25, -0.2) is 8.78 Å². The van der Waals surface area contributed by atoms with Crippen LogP contribution in [0.4, 0.5) is 8.78 Å². The number of nitrogens with one attached hydrogen (secondary N) is 1. The van der Waals surface area contributed by atoms with Crippen LogP contribution < -0.4 is 5.32 Å². The minimum absolute atomic E-state index is 0.302. The Kier molecular flexibility index (Phi) is 4.60. The Morgan fingerprint density at radius 2 is 1.94 bits per heavy atom. The van der Waals surface area contributed by atoms with E-state index in [1.165, 1.54) is 6.07 Å². The molecule has 96 valence electrons. The van der Waals surface area contributed by atoms with E-state index in [-0.39, 0.29) is 0 Å². The van der Waals surface area contributed by atoms with Gasteiger partial charge >= 0.3 is 0 Å². The van der Waals surface area contributed by atoms with Crippen molar-refractivity contribution in [1.29, 1.82) is 0 Å². The molecule has 0 saturated carbocycles. The second-order valence-electron chi connectivity index (χ2n) is 4.93. The van der Waals surface area contributed by atoms with E-state index in [2.05, 4.69) is 19.2 Å². The molecule has 0 saturated heterocycles. The molecule has 0 amide bonds. The largest absolute Gasteiger partial charge is 0.384 e. The maximum absolute atomic E-state index is 13.1. The molecular formula is C13H19F2NO. The third-order valence-electron chi connectivity index (χ3n) is 2.56. The summed E-state index contributed by atoms with van der Waals surface area (Å²) in [6.07, 6.45) is 0. The summed E-state index contributed by atoms with van der Waals surface area (Å²) in [5, 5.41) is 13.3. The Morgan fingerprint density at radius 1 is 1.29 bits per heavy atom. The fraction of sp³-hybridized carbons (Fsp3) is 0.538. The Hall–Kier alpha value is -1.00. The summed E-state index contributed by atoms with van der Waals surface area (Å²) in [5.41, 5.74) is -0.837. The monoisotopic (exact) mass is 243 g/mol. The summed E-state index contributed by atoms with van der Waals surface area (Å²) < 4.78 is 25.8. The first kappa shape index (κ1) is 14.1. The first-order valence-electron chi connectivity index (χ1n) is 5.71. The minimum atomic E-state index is -1.20. The van der Waals surface area contributed by atoms with Crippen molar-refractivity contribution in [1.82, 2.24) is 5.32 Å². The molecule has 0 heterocycles. The topological polar surface area (TPSA) is 32.3 Å². The van der Waals surface area contributed by atoms with Crippen molar-refractivity contribution in [2.45, 2.75) is 26.4 Å². The molecule has 1 aromatic carbocycles. The predicted molar refractivity (Wildman–Crippen MR) is 63.6 cm³/mol. The van der Waals surface area contributed by atoms with E-state index in [0.29, 0.717) is 18.0 Å². The highest BCUT2D eigenvalue weighted by atomic mass is 19.2. The van der Waals surface area contributed by atoms with Crippen molar-refractivity contribution >= 4 is 0 Å². The number of halogens is 2. The van der Waals surface area contributed by atoms with Gasteiger partial charge in [0.1, 0.15) is 0 Å². The van der Waals surface area contributed by atoms with Crippen LogP contribution in [0.5, 0.6) is 0 Å². The van der Waals surface area contributed by atoms with Crippen LogP contribution in [0.3, 0.4) is 0 Å². The van der Waals surface area contributed by atoms with Crippen LogP contribution in [0.25, 0.3) is 0 Å². The minimum Gasteiger partial charge on any atom is -0.384 e. The van der Waals surface area contributed by atoms with E-state index in [9.17, 15) is 13.9 Å². The van der Waals surface area contributed by atoms with E-state index in [0.717, 1.165) is 18.7 Å². The van der Waals surface area contributed by atoms with E-state index in [1.807, 2.05) is 0 Å². The smallest absolute Gasteiger partial charge is 0.159 e. The zero-order valence-corrected chi connectivity index (χ0v) is 10.4. The summed E-state index contributed by atoms with van der Waals surface area (Å²) >= 11 is 0. The molecule has 2 nitrogen and oxygen atoms in total. The molecule has 1 rings (SSSR count). The molecule has 0 fully saturated rings. The first-order chi connectivity index (χ1) is 7.83. The van der Waals surface area contributed by atoms with Gasteiger partial charge in [0.05, 0.1) is 5.60 Å². The van der Waals surface area contributed by atoms with Crippen molar-refractivity contribution in [2.24, 2.45) is 5.92 Å². The SMILES string of the molecule is CC(C)CNCC(C)(O)c1ccc(F)c(F)c1. The molecule has 1 unspecified atom stereocenters. The molecule has 0 radical (unpaired) electrons. The van der Waals surface area contributed by atoms with Gasteiger partial charge in [0.2, 0.25) is 0 Å². The molecule has 2 N–H and O–H groups in total. The Labute approximate surface area is 101 Å². The van der Waals surface area contributed by atoms with Crippen LogP contribution in [0.2, 0.25) is 0 Å². The van der Waals surface area contributed by atoms with Crippen LogP contribution in [0, 0.1) is 17.6 Å². The van der Waals surface area contributed by atoms with Crippen LogP contribution in [-0.4, -0.2) is 18.2 Å². The molecular weight excluding hydrogens is 224 g/mol. The van der Waals surface area contributed by atoms with E-state index in [1.54, 1.807) is 6.92 Å². The lowest BCUT2D eigenvalue weighted by Gasteiger charge is -2.25. The fourth-order valence-electron chi connectivity index (χ4n) is 1.54. The molecule has 0 aliphatic heterocycles. The lowest BCUT2D eigenvalue weighted by Crippen LogP contribution is -2.37. The number of benzene rings is 1. The highest BCUT2D eigenvalue weighted by Gasteiger charge is 2.23. The van der Waals surface area contributed by atoms with Crippen molar-refractivity contribution in [3.05, 3.63) is 35.4 Å². The molecule has 0 aliphatic carbocycles. The van der Waals surface area contributed by atoms with Crippen molar-refractivity contribution in [3.8, 4) is 0 Å². The maximum Gasteiger partial charge on any atom is 0.159 e. The standard InChI is InChI=1S/C13H19F2NO/c1-9(2)7-16-8-13(3,17)10-4-5-11(14)12(15)6-10/h4-6,9,16-17H,7-8H2,1-3H3. The average Bonchev–Trinajstić information content (AvgIpc) is 2.21. The summed E-state index contributed by atoms with van der Waals surface area (Å²) in [6, 6.07) is 3.46. The molecule has 4 heteroatoms. The second kappa shape index (κ2) is 5.56. The van der Waals surface area contributed by atoms with Crippen LogP contribution in [0.15, 0.2) is 18.2 Å². The average molecular weight is 243 g/mol. The number of aliphatic hydroxyl groups is 1. The van der Waals surface area contributed by atoms with Gasteiger partial charge in [0, 0.05) is 6.54 Å². The first-order valence-corrected chi connectivity index (χ1v) is 5.71. The van der Waals surface area contributed by atoms with Gasteiger partial charge in [-0.2, -0.15) is 0 Å². The molecule has 0 spiro atoms. The Balaban J connectivity index is 2.71. The summed E-state index contributed by atoms with van der Waals surface area (Å²) in [7, 11) is 0. The summed E-state index contributed by atoms with van der Waals surface area (Å²) in [4.78, 5) is 0. The molecule has 1 aromatic rings. The highest BCUT2D eigenvalue weighted by Crippen LogP contribution is 2.21. The molecule has 0 bridgehead atoms. The lowest BCUT2D eigenvalue weighted by molar-refractivity contribution is 0.0560. The molecule has 17 heavy (non-hydrogen) atoms. The normalized spacial score (nSPS) is 15.0. The van der Waals surface area contributed by atoms with E-state index >= 15 is 0 Å². The third kappa shape index (κ3) is 4.06. The Morgan fingerprint density at radius 3 is 2.47 bits per heavy atom. The van der Waals surface area contributed by atoms with Gasteiger partial charge in [0.25, 0.3) is 0 Å². The van der Waals surface area contributed by atoms with E-state index in [4.69, 9.17) is 0 Å². The summed E-state index contributed by atoms with van der Waals surface area (Å²) in [5.74, 6) is -1.37. The number of hydrogen-bond acceptors (Lipinski definition) is 2. The molecule has 1 atom stereocenters. The Bertz CT molecular complexity index is 378. The van der Waals surface area contributed by atoms with Gasteiger partial charge in [-0.15, -0.1) is 0 Å². The molecule has 0 aliphatic rings. The van der Waals surface area contributed by atoms with Crippen LogP contribution in [-0.2, 0) is 5.60 Å². The quantitative estimate of drug-likeness (QED) is 0.832. The summed E-state index contributed by atoms with van der Waals surface area (Å²) in [6.45, 7) is 6.75. The van der Waals surface area contributed by atoms with Crippen LogP contribution >= 0.6 is 0 Å². The van der Waals surface area contributed by atoms with Crippen molar-refractivity contribution in [3.63, 3.8) is 0 Å². The van der Waals surface area contributed by atoms with Gasteiger partial charge < -0.3 is 10.4 Å². The second-order valence-corrected chi connectivity index (χ2v) is 4.93. The maximum atomic E-state index is 13.1. The van der Waals surface area contributed by atoms with Crippen molar-refractivity contribution in [2.75, 3.05) is 13.1 Å². The fourth-order valence-corrected chi connectivity index (χ4v) is 1.54. The van der Waals surface area contributed by atoms with Gasteiger partial charge in [-0.3, -0.25) is 0 Å².